The number of aromatic nitrogens is 1. The van der Waals surface area contributed by atoms with Crippen molar-refractivity contribution in [1.82, 2.24) is 4.98 Å². The average molecular weight is 328 g/mol. The van der Waals surface area contributed by atoms with E-state index in [-0.39, 0.29) is 0 Å². The lowest BCUT2D eigenvalue weighted by Crippen LogP contribution is -2.38. The normalized spacial score (nSPS) is 17.6. The molecule has 2 aromatic rings. The highest BCUT2D eigenvalue weighted by atomic mass is 35.5. The monoisotopic (exact) mass is 327 g/mol. The first-order valence-electron chi connectivity index (χ1n) is 7.75. The van der Waals surface area contributed by atoms with Crippen molar-refractivity contribution >= 4 is 17.4 Å². The number of pyridine rings is 1. The predicted octanol–water partition coefficient (Wildman–Crippen LogP) is 3.90. The van der Waals surface area contributed by atoms with E-state index in [0.717, 1.165) is 37.5 Å². The summed E-state index contributed by atoms with van der Waals surface area (Å²) < 4.78 is 5.87. The second-order valence-corrected chi connectivity index (χ2v) is 6.09. The molecule has 1 saturated heterocycles. The summed E-state index contributed by atoms with van der Waals surface area (Å²) in [6.45, 7) is 2.39. The fourth-order valence-electron chi connectivity index (χ4n) is 2.90. The molecule has 0 bridgehead atoms. The smallest absolute Gasteiger partial charge is 0.146 e. The van der Waals surface area contributed by atoms with Gasteiger partial charge in [-0.2, -0.15) is 5.26 Å². The van der Waals surface area contributed by atoms with Crippen molar-refractivity contribution < 1.29 is 4.74 Å². The van der Waals surface area contributed by atoms with E-state index in [4.69, 9.17) is 16.3 Å². The molecule has 0 saturated carbocycles. The molecule has 0 aliphatic carbocycles. The Bertz CT molecular complexity index is 713. The summed E-state index contributed by atoms with van der Waals surface area (Å²) in [6, 6.07) is 13.4. The number of anilines is 1. The molecule has 5 heteroatoms. The Morgan fingerprint density at radius 2 is 2.17 bits per heavy atom. The van der Waals surface area contributed by atoms with Crippen LogP contribution in [0.2, 0.25) is 5.02 Å². The lowest BCUT2D eigenvalue weighted by atomic mass is 9.98. The lowest BCUT2D eigenvalue weighted by molar-refractivity contribution is 0.228. The Kier molecular flexibility index (Phi) is 4.99. The molecule has 1 fully saturated rings. The van der Waals surface area contributed by atoms with E-state index in [1.54, 1.807) is 12.3 Å². The van der Waals surface area contributed by atoms with Gasteiger partial charge in [-0.1, -0.05) is 23.7 Å². The van der Waals surface area contributed by atoms with Crippen molar-refractivity contribution in [3.05, 3.63) is 53.2 Å². The third-order valence-corrected chi connectivity index (χ3v) is 4.35. The minimum Gasteiger partial charge on any atom is -0.492 e. The van der Waals surface area contributed by atoms with Crippen LogP contribution >= 0.6 is 11.6 Å². The molecule has 4 nitrogen and oxygen atoms in total. The zero-order chi connectivity index (χ0) is 16.1. The summed E-state index contributed by atoms with van der Waals surface area (Å²) in [7, 11) is 0. The fourth-order valence-corrected chi connectivity index (χ4v) is 3.09. The van der Waals surface area contributed by atoms with Crippen LogP contribution < -0.4 is 9.64 Å². The van der Waals surface area contributed by atoms with Crippen LogP contribution in [0.15, 0.2) is 42.6 Å². The SMILES string of the molecule is N#Cc1cccnc1N1CCCC(COc2ccccc2Cl)C1. The van der Waals surface area contributed by atoms with Gasteiger partial charge in [0.15, 0.2) is 0 Å². The molecule has 0 spiro atoms. The number of hydrogen-bond donors (Lipinski definition) is 0. The number of hydrogen-bond acceptors (Lipinski definition) is 4. The van der Waals surface area contributed by atoms with Gasteiger partial charge >= 0.3 is 0 Å². The van der Waals surface area contributed by atoms with Crippen LogP contribution in [0.4, 0.5) is 5.82 Å². The minimum atomic E-state index is 0.397. The Labute approximate surface area is 141 Å². The number of rotatable bonds is 4. The van der Waals surface area contributed by atoms with Gasteiger partial charge in [-0.3, -0.25) is 0 Å². The molecule has 2 heterocycles. The van der Waals surface area contributed by atoms with Crippen LogP contribution in [-0.2, 0) is 0 Å². The van der Waals surface area contributed by atoms with E-state index in [2.05, 4.69) is 16.0 Å². The van der Waals surface area contributed by atoms with Crippen LogP contribution in [0.5, 0.6) is 5.75 Å². The topological polar surface area (TPSA) is 49.2 Å². The largest absolute Gasteiger partial charge is 0.492 e. The zero-order valence-corrected chi connectivity index (χ0v) is 13.5. The molecule has 118 valence electrons. The van der Waals surface area contributed by atoms with Crippen molar-refractivity contribution in [2.24, 2.45) is 5.92 Å². The first-order chi connectivity index (χ1) is 11.3. The van der Waals surface area contributed by atoms with Crippen molar-refractivity contribution in [2.75, 3.05) is 24.6 Å². The molecular formula is C18H18ClN3O. The first-order valence-corrected chi connectivity index (χ1v) is 8.13. The highest BCUT2D eigenvalue weighted by Crippen LogP contribution is 2.27. The van der Waals surface area contributed by atoms with Crippen LogP contribution in [0.3, 0.4) is 0 Å². The van der Waals surface area contributed by atoms with Gasteiger partial charge in [-0.05, 0) is 37.1 Å². The van der Waals surface area contributed by atoms with Crippen molar-refractivity contribution in [3.63, 3.8) is 0 Å². The highest BCUT2D eigenvalue weighted by molar-refractivity contribution is 6.32. The average Bonchev–Trinajstić information content (AvgIpc) is 2.61. The Hall–Kier alpha value is -2.25. The predicted molar refractivity (Wildman–Crippen MR) is 90.8 cm³/mol. The maximum absolute atomic E-state index is 9.24. The molecule has 23 heavy (non-hydrogen) atoms. The number of benzene rings is 1. The number of ether oxygens (including phenoxy) is 1. The van der Waals surface area contributed by atoms with Gasteiger partial charge in [0, 0.05) is 25.2 Å². The van der Waals surface area contributed by atoms with E-state index in [0.29, 0.717) is 23.1 Å². The molecule has 1 atom stereocenters. The second-order valence-electron chi connectivity index (χ2n) is 5.68. The van der Waals surface area contributed by atoms with Gasteiger partial charge < -0.3 is 9.64 Å². The molecule has 1 aromatic heterocycles. The fraction of sp³-hybridized carbons (Fsp3) is 0.333. The van der Waals surface area contributed by atoms with E-state index < -0.39 is 0 Å². The van der Waals surface area contributed by atoms with Gasteiger partial charge in [-0.25, -0.2) is 4.98 Å². The van der Waals surface area contributed by atoms with E-state index in [1.165, 1.54) is 0 Å². The van der Waals surface area contributed by atoms with Crippen LogP contribution in [0.25, 0.3) is 0 Å². The van der Waals surface area contributed by atoms with Crippen molar-refractivity contribution in [3.8, 4) is 11.8 Å². The minimum absolute atomic E-state index is 0.397. The molecule has 0 N–H and O–H groups in total. The summed E-state index contributed by atoms with van der Waals surface area (Å²) in [4.78, 5) is 6.56. The summed E-state index contributed by atoms with van der Waals surface area (Å²) >= 11 is 6.12. The summed E-state index contributed by atoms with van der Waals surface area (Å²) in [6.07, 6.45) is 3.91. The number of nitrogens with zero attached hydrogens (tertiary/aromatic N) is 3. The summed E-state index contributed by atoms with van der Waals surface area (Å²) in [5.74, 6) is 1.90. The van der Waals surface area contributed by atoms with E-state index >= 15 is 0 Å². The van der Waals surface area contributed by atoms with Crippen LogP contribution in [0, 0.1) is 17.2 Å². The van der Waals surface area contributed by atoms with Gasteiger partial charge in [0.05, 0.1) is 17.2 Å². The van der Waals surface area contributed by atoms with Crippen LogP contribution in [0.1, 0.15) is 18.4 Å². The summed E-state index contributed by atoms with van der Waals surface area (Å²) in [5.41, 5.74) is 0.625. The molecule has 1 aromatic carbocycles. The van der Waals surface area contributed by atoms with Gasteiger partial charge in [-0.15, -0.1) is 0 Å². The maximum Gasteiger partial charge on any atom is 0.146 e. The molecule has 0 radical (unpaired) electrons. The molecule has 1 unspecified atom stereocenters. The maximum atomic E-state index is 9.24. The molecular weight excluding hydrogens is 310 g/mol. The van der Waals surface area contributed by atoms with Gasteiger partial charge in [0.1, 0.15) is 17.6 Å². The molecule has 1 aliphatic heterocycles. The van der Waals surface area contributed by atoms with Gasteiger partial charge in [0.2, 0.25) is 0 Å². The Morgan fingerprint density at radius 1 is 1.30 bits per heavy atom. The Morgan fingerprint density at radius 3 is 3.00 bits per heavy atom. The lowest BCUT2D eigenvalue weighted by Gasteiger charge is -2.33. The number of piperidine rings is 1. The standard InChI is InChI=1S/C18H18ClN3O/c19-16-7-1-2-8-17(16)23-13-14-5-4-10-22(12-14)18-15(11-20)6-3-9-21-18/h1-3,6-9,14H,4-5,10,12-13H2. The third-order valence-electron chi connectivity index (χ3n) is 4.04. The van der Waals surface area contributed by atoms with Crippen molar-refractivity contribution in [2.45, 2.75) is 12.8 Å². The van der Waals surface area contributed by atoms with Crippen LogP contribution in [-0.4, -0.2) is 24.7 Å². The summed E-state index contributed by atoms with van der Waals surface area (Å²) in [5, 5.41) is 9.88. The number of nitriles is 1. The van der Waals surface area contributed by atoms with Gasteiger partial charge in [0.25, 0.3) is 0 Å². The van der Waals surface area contributed by atoms with E-state index in [1.807, 2.05) is 30.3 Å². The molecule has 3 rings (SSSR count). The molecule has 0 amide bonds. The third kappa shape index (κ3) is 3.75. The zero-order valence-electron chi connectivity index (χ0n) is 12.8. The first kappa shape index (κ1) is 15.6. The highest BCUT2D eigenvalue weighted by Gasteiger charge is 2.23. The second kappa shape index (κ2) is 7.34. The number of halogens is 1. The van der Waals surface area contributed by atoms with E-state index in [9.17, 15) is 5.26 Å². The Balaban J connectivity index is 1.65. The number of para-hydroxylation sites is 1. The quantitative estimate of drug-likeness (QED) is 0.854. The van der Waals surface area contributed by atoms with Crippen molar-refractivity contribution in [1.29, 1.82) is 5.26 Å². The molecule has 1 aliphatic rings.